The summed E-state index contributed by atoms with van der Waals surface area (Å²) >= 11 is 0. The highest BCUT2D eigenvalue weighted by molar-refractivity contribution is 6.01. The number of hydrogen-bond donors (Lipinski definition) is 2. The van der Waals surface area contributed by atoms with Crippen molar-refractivity contribution in [1.82, 2.24) is 0 Å². The molecule has 0 aliphatic carbocycles. The van der Waals surface area contributed by atoms with Crippen LogP contribution in [0.2, 0.25) is 0 Å². The number of carbonyl (C=O) groups excluding carboxylic acids is 1. The molecule has 4 heteroatoms. The molecule has 1 aromatic carbocycles. The third kappa shape index (κ3) is 3.00. The van der Waals surface area contributed by atoms with Crippen molar-refractivity contribution < 1.29 is 4.79 Å². The second-order valence-corrected chi connectivity index (χ2v) is 6.11. The smallest absolute Gasteiger partial charge is 0.250 e. The van der Waals surface area contributed by atoms with Crippen molar-refractivity contribution in [2.45, 2.75) is 33.1 Å². The minimum atomic E-state index is -0.411. The molecule has 19 heavy (non-hydrogen) atoms. The monoisotopic (exact) mass is 261 g/mol. The van der Waals surface area contributed by atoms with Crippen LogP contribution in [0.1, 0.15) is 43.5 Å². The lowest BCUT2D eigenvalue weighted by atomic mass is 9.85. The first-order valence-corrected chi connectivity index (χ1v) is 6.84. The van der Waals surface area contributed by atoms with Crippen molar-refractivity contribution in [3.8, 4) is 0 Å². The van der Waals surface area contributed by atoms with Crippen LogP contribution in [0.3, 0.4) is 0 Å². The van der Waals surface area contributed by atoms with E-state index in [2.05, 4.69) is 18.7 Å². The SMILES string of the molecule is CC1(C)CCCN(c2c(N)cccc2C(N)=O)CC1. The molecule has 104 valence electrons. The van der Waals surface area contributed by atoms with Crippen molar-refractivity contribution in [1.29, 1.82) is 0 Å². The molecular formula is C15H23N3O. The summed E-state index contributed by atoms with van der Waals surface area (Å²) in [6.07, 6.45) is 3.40. The fourth-order valence-corrected chi connectivity index (χ4v) is 2.76. The molecular weight excluding hydrogens is 238 g/mol. The van der Waals surface area contributed by atoms with Crippen molar-refractivity contribution in [2.24, 2.45) is 11.1 Å². The number of nitrogen functional groups attached to an aromatic ring is 1. The Kier molecular flexibility index (Phi) is 3.69. The van der Waals surface area contributed by atoms with E-state index in [-0.39, 0.29) is 0 Å². The summed E-state index contributed by atoms with van der Waals surface area (Å²) in [4.78, 5) is 13.8. The van der Waals surface area contributed by atoms with E-state index in [1.54, 1.807) is 12.1 Å². The Balaban J connectivity index is 2.33. The largest absolute Gasteiger partial charge is 0.397 e. The molecule has 0 aromatic heterocycles. The predicted octanol–water partition coefficient (Wildman–Crippen LogP) is 2.38. The van der Waals surface area contributed by atoms with Gasteiger partial charge in [0.05, 0.1) is 16.9 Å². The summed E-state index contributed by atoms with van der Waals surface area (Å²) in [6, 6.07) is 5.36. The summed E-state index contributed by atoms with van der Waals surface area (Å²) in [5.74, 6) is -0.411. The van der Waals surface area contributed by atoms with Crippen molar-refractivity contribution in [3.05, 3.63) is 23.8 Å². The summed E-state index contributed by atoms with van der Waals surface area (Å²) < 4.78 is 0. The maximum atomic E-state index is 11.6. The molecule has 0 unspecified atom stereocenters. The summed E-state index contributed by atoms with van der Waals surface area (Å²) in [5.41, 5.74) is 13.8. The lowest BCUT2D eigenvalue weighted by Gasteiger charge is -2.27. The average Bonchev–Trinajstić information content (AvgIpc) is 2.50. The van der Waals surface area contributed by atoms with Gasteiger partial charge in [-0.2, -0.15) is 0 Å². The van der Waals surface area contributed by atoms with Gasteiger partial charge in [0.15, 0.2) is 0 Å². The van der Waals surface area contributed by atoms with Crippen LogP contribution in [-0.2, 0) is 0 Å². The number of para-hydroxylation sites is 1. The van der Waals surface area contributed by atoms with Gasteiger partial charge in [0, 0.05) is 13.1 Å². The zero-order valence-electron chi connectivity index (χ0n) is 11.8. The molecule has 2 rings (SSSR count). The van der Waals surface area contributed by atoms with E-state index in [1.807, 2.05) is 6.07 Å². The van der Waals surface area contributed by atoms with E-state index >= 15 is 0 Å². The highest BCUT2D eigenvalue weighted by Gasteiger charge is 2.25. The molecule has 0 radical (unpaired) electrons. The van der Waals surface area contributed by atoms with Gasteiger partial charge in [0.2, 0.25) is 0 Å². The van der Waals surface area contributed by atoms with Crippen molar-refractivity contribution >= 4 is 17.3 Å². The Labute approximate surface area is 114 Å². The minimum absolute atomic E-state index is 0.352. The van der Waals surface area contributed by atoms with Crippen LogP contribution >= 0.6 is 0 Å². The zero-order valence-corrected chi connectivity index (χ0v) is 11.8. The molecule has 1 fully saturated rings. The van der Waals surface area contributed by atoms with Crippen LogP contribution in [0.15, 0.2) is 18.2 Å². The third-order valence-electron chi connectivity index (χ3n) is 3.99. The van der Waals surface area contributed by atoms with Gasteiger partial charge in [0.1, 0.15) is 0 Å². The maximum Gasteiger partial charge on any atom is 0.250 e. The molecule has 1 aliphatic rings. The second kappa shape index (κ2) is 5.11. The number of carbonyl (C=O) groups is 1. The Morgan fingerprint density at radius 2 is 2.00 bits per heavy atom. The maximum absolute atomic E-state index is 11.6. The van der Waals surface area contributed by atoms with Gasteiger partial charge in [-0.05, 0) is 36.8 Å². The fourth-order valence-electron chi connectivity index (χ4n) is 2.76. The van der Waals surface area contributed by atoms with Crippen LogP contribution < -0.4 is 16.4 Å². The van der Waals surface area contributed by atoms with Crippen LogP contribution in [0.25, 0.3) is 0 Å². The van der Waals surface area contributed by atoms with Gasteiger partial charge in [-0.25, -0.2) is 0 Å². The van der Waals surface area contributed by atoms with Crippen LogP contribution in [0.5, 0.6) is 0 Å². The topological polar surface area (TPSA) is 72.3 Å². The van der Waals surface area contributed by atoms with Gasteiger partial charge in [-0.3, -0.25) is 4.79 Å². The number of amides is 1. The number of nitrogens with zero attached hydrogens (tertiary/aromatic N) is 1. The van der Waals surface area contributed by atoms with Crippen molar-refractivity contribution in [3.63, 3.8) is 0 Å². The summed E-state index contributed by atoms with van der Waals surface area (Å²) in [5, 5.41) is 0. The molecule has 0 saturated carbocycles. The predicted molar refractivity (Wildman–Crippen MR) is 79.2 cm³/mol. The molecule has 0 spiro atoms. The Bertz CT molecular complexity index is 482. The first-order valence-electron chi connectivity index (χ1n) is 6.84. The van der Waals surface area contributed by atoms with Crippen LogP contribution in [-0.4, -0.2) is 19.0 Å². The first kappa shape index (κ1) is 13.7. The molecule has 0 bridgehead atoms. The summed E-state index contributed by atoms with van der Waals surface area (Å²) in [6.45, 7) is 6.43. The van der Waals surface area contributed by atoms with E-state index in [1.165, 1.54) is 6.42 Å². The Hall–Kier alpha value is -1.71. The van der Waals surface area contributed by atoms with Gasteiger partial charge in [-0.1, -0.05) is 19.9 Å². The summed E-state index contributed by atoms with van der Waals surface area (Å²) in [7, 11) is 0. The Morgan fingerprint density at radius 1 is 1.26 bits per heavy atom. The van der Waals surface area contributed by atoms with E-state index in [9.17, 15) is 4.79 Å². The van der Waals surface area contributed by atoms with E-state index in [0.717, 1.165) is 31.6 Å². The number of benzene rings is 1. The normalized spacial score (nSPS) is 18.9. The first-order chi connectivity index (χ1) is 8.91. The van der Waals surface area contributed by atoms with E-state index in [4.69, 9.17) is 11.5 Å². The van der Waals surface area contributed by atoms with Crippen molar-refractivity contribution in [2.75, 3.05) is 23.7 Å². The third-order valence-corrected chi connectivity index (χ3v) is 3.99. The quantitative estimate of drug-likeness (QED) is 0.803. The standard InChI is InChI=1S/C15H23N3O/c1-15(2)7-4-9-18(10-8-15)13-11(14(17)19)5-3-6-12(13)16/h3,5-6H,4,7-10,16H2,1-2H3,(H2,17,19). The van der Waals surface area contributed by atoms with Gasteiger partial charge >= 0.3 is 0 Å². The lowest BCUT2D eigenvalue weighted by Crippen LogP contribution is -2.29. The molecule has 1 amide bonds. The molecule has 0 atom stereocenters. The molecule has 1 aliphatic heterocycles. The number of nitrogens with two attached hydrogens (primary N) is 2. The second-order valence-electron chi connectivity index (χ2n) is 6.11. The van der Waals surface area contributed by atoms with Crippen LogP contribution in [0, 0.1) is 5.41 Å². The van der Waals surface area contributed by atoms with Gasteiger partial charge in [0.25, 0.3) is 5.91 Å². The molecule has 4 N–H and O–H groups in total. The number of primary amides is 1. The van der Waals surface area contributed by atoms with E-state index in [0.29, 0.717) is 16.7 Å². The Morgan fingerprint density at radius 3 is 2.68 bits per heavy atom. The average molecular weight is 261 g/mol. The number of anilines is 2. The van der Waals surface area contributed by atoms with Crippen LogP contribution in [0.4, 0.5) is 11.4 Å². The highest BCUT2D eigenvalue weighted by atomic mass is 16.1. The highest BCUT2D eigenvalue weighted by Crippen LogP contribution is 2.35. The molecule has 4 nitrogen and oxygen atoms in total. The number of hydrogen-bond acceptors (Lipinski definition) is 3. The zero-order chi connectivity index (χ0) is 14.0. The minimum Gasteiger partial charge on any atom is -0.397 e. The van der Waals surface area contributed by atoms with Gasteiger partial charge in [-0.15, -0.1) is 0 Å². The molecule has 1 heterocycles. The molecule has 1 saturated heterocycles. The number of rotatable bonds is 2. The van der Waals surface area contributed by atoms with E-state index < -0.39 is 5.91 Å². The fraction of sp³-hybridized carbons (Fsp3) is 0.533. The molecule has 1 aromatic rings. The van der Waals surface area contributed by atoms with Gasteiger partial charge < -0.3 is 16.4 Å². The lowest BCUT2D eigenvalue weighted by molar-refractivity contribution is 0.100.